The van der Waals surface area contributed by atoms with Crippen molar-refractivity contribution in [3.8, 4) is 5.75 Å². The molecule has 0 aliphatic carbocycles. The molecule has 1 aromatic rings. The minimum absolute atomic E-state index is 0.0230. The molecule has 0 saturated heterocycles. The molecule has 0 fully saturated rings. The van der Waals surface area contributed by atoms with Crippen molar-refractivity contribution in [2.45, 2.75) is 26.2 Å². The molecule has 0 bridgehead atoms. The van der Waals surface area contributed by atoms with E-state index in [2.05, 4.69) is 10.1 Å². The second kappa shape index (κ2) is 7.25. The van der Waals surface area contributed by atoms with E-state index in [0.717, 1.165) is 0 Å². The minimum atomic E-state index is -2.94. The first-order valence-corrected chi connectivity index (χ1v) is 5.85. The van der Waals surface area contributed by atoms with Gasteiger partial charge in [-0.3, -0.25) is 4.79 Å². The van der Waals surface area contributed by atoms with Gasteiger partial charge in [0.2, 0.25) is 5.91 Å². The molecule has 19 heavy (non-hydrogen) atoms. The molecule has 1 unspecified atom stereocenters. The minimum Gasteiger partial charge on any atom is -0.434 e. The maximum atomic E-state index is 12.2. The van der Waals surface area contributed by atoms with Gasteiger partial charge in [-0.15, -0.1) is 0 Å². The lowest BCUT2D eigenvalue weighted by Gasteiger charge is -2.14. The number of carbonyl (C=O) groups excluding carboxylic acids is 1. The Morgan fingerprint density at radius 3 is 2.74 bits per heavy atom. The highest BCUT2D eigenvalue weighted by atomic mass is 35.5. The number of carbonyl (C=O) groups is 1. The number of hydrogen-bond donors (Lipinski definition) is 1. The number of benzene rings is 1. The standard InChI is InChI=1S/C12H14ClF2NO3/c1-7(18-2)11(17)16-6-8-5-9(13)3-4-10(8)19-12(14)15/h3-5,7,12H,6H2,1-2H3,(H,16,17). The normalized spacial score (nSPS) is 12.3. The first-order valence-electron chi connectivity index (χ1n) is 5.47. The highest BCUT2D eigenvalue weighted by Crippen LogP contribution is 2.24. The monoisotopic (exact) mass is 293 g/mol. The predicted octanol–water partition coefficient (Wildman–Crippen LogP) is 2.59. The van der Waals surface area contributed by atoms with Crippen LogP contribution in [-0.4, -0.2) is 25.7 Å². The van der Waals surface area contributed by atoms with E-state index < -0.39 is 12.7 Å². The van der Waals surface area contributed by atoms with Crippen LogP contribution in [0.1, 0.15) is 12.5 Å². The number of nitrogens with one attached hydrogen (secondary N) is 1. The summed E-state index contributed by atoms with van der Waals surface area (Å²) in [6, 6.07) is 4.22. The zero-order chi connectivity index (χ0) is 14.4. The van der Waals surface area contributed by atoms with Crippen molar-refractivity contribution in [2.75, 3.05) is 7.11 Å². The molecule has 1 aromatic carbocycles. The highest BCUT2D eigenvalue weighted by molar-refractivity contribution is 6.30. The van der Waals surface area contributed by atoms with Crippen molar-refractivity contribution in [1.29, 1.82) is 0 Å². The van der Waals surface area contributed by atoms with Crippen LogP contribution in [0.25, 0.3) is 0 Å². The maximum absolute atomic E-state index is 12.2. The highest BCUT2D eigenvalue weighted by Gasteiger charge is 2.14. The Bertz CT molecular complexity index is 443. The number of halogens is 3. The molecular formula is C12H14ClF2NO3. The van der Waals surface area contributed by atoms with E-state index in [1.165, 1.54) is 25.3 Å². The van der Waals surface area contributed by atoms with Crippen molar-refractivity contribution >= 4 is 17.5 Å². The molecule has 0 aliphatic rings. The smallest absolute Gasteiger partial charge is 0.387 e. The molecule has 4 nitrogen and oxygen atoms in total. The largest absolute Gasteiger partial charge is 0.434 e. The number of ether oxygens (including phenoxy) is 2. The van der Waals surface area contributed by atoms with E-state index in [9.17, 15) is 13.6 Å². The van der Waals surface area contributed by atoms with Gasteiger partial charge in [0.05, 0.1) is 0 Å². The Morgan fingerprint density at radius 1 is 1.47 bits per heavy atom. The van der Waals surface area contributed by atoms with Gasteiger partial charge >= 0.3 is 6.61 Å². The fraction of sp³-hybridized carbons (Fsp3) is 0.417. The zero-order valence-electron chi connectivity index (χ0n) is 10.5. The summed E-state index contributed by atoms with van der Waals surface area (Å²) < 4.78 is 33.6. The summed E-state index contributed by atoms with van der Waals surface area (Å²) in [4.78, 5) is 11.5. The number of methoxy groups -OCH3 is 1. The lowest BCUT2D eigenvalue weighted by atomic mass is 10.2. The molecule has 7 heteroatoms. The number of alkyl halides is 2. The summed E-state index contributed by atoms with van der Waals surface area (Å²) in [6.45, 7) is -1.34. The summed E-state index contributed by atoms with van der Waals surface area (Å²) in [5.74, 6) is -0.379. The van der Waals surface area contributed by atoms with Gasteiger partial charge in [-0.25, -0.2) is 0 Å². The Balaban J connectivity index is 2.75. The van der Waals surface area contributed by atoms with E-state index in [1.807, 2.05) is 0 Å². The second-order valence-electron chi connectivity index (χ2n) is 3.73. The maximum Gasteiger partial charge on any atom is 0.387 e. The van der Waals surface area contributed by atoms with Gasteiger partial charge in [0.1, 0.15) is 11.9 Å². The Morgan fingerprint density at radius 2 is 2.16 bits per heavy atom. The molecule has 0 saturated carbocycles. The quantitative estimate of drug-likeness (QED) is 0.877. The SMILES string of the molecule is COC(C)C(=O)NCc1cc(Cl)ccc1OC(F)F. The number of hydrogen-bond acceptors (Lipinski definition) is 3. The fourth-order valence-electron chi connectivity index (χ4n) is 1.33. The molecule has 1 N–H and O–H groups in total. The topological polar surface area (TPSA) is 47.6 Å². The van der Waals surface area contributed by atoms with Crippen LogP contribution >= 0.6 is 11.6 Å². The van der Waals surface area contributed by atoms with Crippen LogP contribution in [0.4, 0.5) is 8.78 Å². The summed E-state index contributed by atoms with van der Waals surface area (Å²) in [7, 11) is 1.40. The number of rotatable bonds is 6. The van der Waals surface area contributed by atoms with Crippen molar-refractivity contribution < 1.29 is 23.0 Å². The first kappa shape index (κ1) is 15.7. The predicted molar refractivity (Wildman–Crippen MR) is 66.4 cm³/mol. The molecular weight excluding hydrogens is 280 g/mol. The van der Waals surface area contributed by atoms with Gasteiger partial charge in [-0.1, -0.05) is 11.6 Å². The molecule has 0 aliphatic heterocycles. The third kappa shape index (κ3) is 5.00. The molecule has 0 spiro atoms. The number of amides is 1. The molecule has 1 atom stereocenters. The lowest BCUT2D eigenvalue weighted by molar-refractivity contribution is -0.130. The van der Waals surface area contributed by atoms with E-state index in [-0.39, 0.29) is 18.2 Å². The Hall–Kier alpha value is -1.40. The van der Waals surface area contributed by atoms with Crippen molar-refractivity contribution in [1.82, 2.24) is 5.32 Å². The average Bonchev–Trinajstić information content (AvgIpc) is 2.37. The molecule has 1 rings (SSSR count). The van der Waals surface area contributed by atoms with Crippen LogP contribution in [0, 0.1) is 0 Å². The van der Waals surface area contributed by atoms with Gasteiger partial charge in [0.25, 0.3) is 0 Å². The molecule has 0 aromatic heterocycles. The van der Waals surface area contributed by atoms with E-state index in [4.69, 9.17) is 16.3 Å². The van der Waals surface area contributed by atoms with Gasteiger partial charge in [0.15, 0.2) is 0 Å². The average molecular weight is 294 g/mol. The van der Waals surface area contributed by atoms with Gasteiger partial charge in [-0.2, -0.15) is 8.78 Å². The van der Waals surface area contributed by atoms with Crippen molar-refractivity contribution in [3.63, 3.8) is 0 Å². The summed E-state index contributed by atoms with van der Waals surface area (Å²) in [6.07, 6.45) is -0.626. The van der Waals surface area contributed by atoms with Crippen LogP contribution < -0.4 is 10.1 Å². The van der Waals surface area contributed by atoms with Crippen LogP contribution in [0.15, 0.2) is 18.2 Å². The van der Waals surface area contributed by atoms with E-state index in [0.29, 0.717) is 10.6 Å². The van der Waals surface area contributed by atoms with Gasteiger partial charge < -0.3 is 14.8 Å². The van der Waals surface area contributed by atoms with Crippen LogP contribution in [0.3, 0.4) is 0 Å². The Labute approximate surface area is 114 Å². The summed E-state index contributed by atoms with van der Waals surface area (Å²) >= 11 is 5.78. The van der Waals surface area contributed by atoms with Crippen molar-refractivity contribution in [2.24, 2.45) is 0 Å². The molecule has 0 heterocycles. The van der Waals surface area contributed by atoms with Crippen LogP contribution in [0.5, 0.6) is 5.75 Å². The van der Waals surface area contributed by atoms with Gasteiger partial charge in [0, 0.05) is 24.2 Å². The second-order valence-corrected chi connectivity index (χ2v) is 4.16. The van der Waals surface area contributed by atoms with E-state index in [1.54, 1.807) is 6.92 Å². The molecule has 106 valence electrons. The Kier molecular flexibility index (Phi) is 5.98. The summed E-state index contributed by atoms with van der Waals surface area (Å²) in [5, 5.41) is 2.91. The third-order valence-electron chi connectivity index (χ3n) is 2.41. The third-order valence-corrected chi connectivity index (χ3v) is 2.65. The van der Waals surface area contributed by atoms with Gasteiger partial charge in [-0.05, 0) is 25.1 Å². The van der Waals surface area contributed by atoms with E-state index >= 15 is 0 Å². The van der Waals surface area contributed by atoms with Crippen LogP contribution in [0.2, 0.25) is 5.02 Å². The lowest BCUT2D eigenvalue weighted by Crippen LogP contribution is -2.33. The summed E-state index contributed by atoms with van der Waals surface area (Å²) in [5.41, 5.74) is 0.365. The first-order chi connectivity index (χ1) is 8.93. The molecule has 0 radical (unpaired) electrons. The fourth-order valence-corrected chi connectivity index (χ4v) is 1.52. The van der Waals surface area contributed by atoms with Crippen LogP contribution in [-0.2, 0) is 16.1 Å². The van der Waals surface area contributed by atoms with Crippen molar-refractivity contribution in [3.05, 3.63) is 28.8 Å². The zero-order valence-corrected chi connectivity index (χ0v) is 11.2. The molecule has 1 amide bonds.